The van der Waals surface area contributed by atoms with Crippen LogP contribution in [0.4, 0.5) is 0 Å². The van der Waals surface area contributed by atoms with Crippen molar-refractivity contribution >= 4 is 16.9 Å². The number of aromatic nitrogens is 2. The van der Waals surface area contributed by atoms with Gasteiger partial charge in [-0.1, -0.05) is 24.3 Å². The van der Waals surface area contributed by atoms with Crippen LogP contribution in [0.15, 0.2) is 42.5 Å². The highest BCUT2D eigenvalue weighted by molar-refractivity contribution is 5.97. The van der Waals surface area contributed by atoms with Crippen LogP contribution in [0.2, 0.25) is 0 Å². The Labute approximate surface area is 153 Å². The van der Waals surface area contributed by atoms with E-state index in [-0.39, 0.29) is 5.91 Å². The lowest BCUT2D eigenvalue weighted by molar-refractivity contribution is 0.0950. The third-order valence-corrected chi connectivity index (χ3v) is 4.36. The van der Waals surface area contributed by atoms with Crippen LogP contribution in [0, 0.1) is 13.8 Å². The van der Waals surface area contributed by atoms with E-state index in [1.807, 2.05) is 51.1 Å². The van der Waals surface area contributed by atoms with Gasteiger partial charge in [-0.3, -0.25) is 4.79 Å². The van der Waals surface area contributed by atoms with E-state index in [4.69, 9.17) is 4.74 Å². The standard InChI is InChI=1S/C21H23N3O2/c1-4-26-13-18-8-6-5-7-17(18)12-22-21(25)16-9-10-19-20(11-16)24-15(3)14(2)23-19/h5-11H,4,12-13H2,1-3H3,(H,22,25). The van der Waals surface area contributed by atoms with E-state index in [0.29, 0.717) is 25.3 Å². The SMILES string of the molecule is CCOCc1ccccc1CNC(=O)c1ccc2nc(C)c(C)nc2c1. The molecule has 0 radical (unpaired) electrons. The first-order chi connectivity index (χ1) is 12.6. The van der Waals surface area contributed by atoms with Crippen molar-refractivity contribution in [2.75, 3.05) is 6.61 Å². The van der Waals surface area contributed by atoms with Crippen molar-refractivity contribution < 1.29 is 9.53 Å². The molecule has 0 bridgehead atoms. The molecule has 134 valence electrons. The zero-order valence-corrected chi connectivity index (χ0v) is 15.4. The molecule has 2 aromatic carbocycles. The average molecular weight is 349 g/mol. The van der Waals surface area contributed by atoms with Gasteiger partial charge in [0.15, 0.2) is 0 Å². The summed E-state index contributed by atoms with van der Waals surface area (Å²) in [5.41, 5.74) is 6.04. The van der Waals surface area contributed by atoms with E-state index < -0.39 is 0 Å². The molecular formula is C21H23N3O2. The van der Waals surface area contributed by atoms with Crippen molar-refractivity contribution in [1.29, 1.82) is 0 Å². The van der Waals surface area contributed by atoms with Gasteiger partial charge in [0.1, 0.15) is 0 Å². The van der Waals surface area contributed by atoms with Gasteiger partial charge in [-0.05, 0) is 50.1 Å². The fourth-order valence-corrected chi connectivity index (χ4v) is 2.73. The zero-order chi connectivity index (χ0) is 18.5. The summed E-state index contributed by atoms with van der Waals surface area (Å²) in [5, 5.41) is 2.98. The molecule has 1 heterocycles. The minimum atomic E-state index is -0.127. The van der Waals surface area contributed by atoms with Gasteiger partial charge in [0.2, 0.25) is 0 Å². The smallest absolute Gasteiger partial charge is 0.251 e. The van der Waals surface area contributed by atoms with Gasteiger partial charge in [0, 0.05) is 18.7 Å². The summed E-state index contributed by atoms with van der Waals surface area (Å²) in [6, 6.07) is 13.4. The molecule has 0 saturated carbocycles. The molecule has 0 saturated heterocycles. The second-order valence-electron chi connectivity index (χ2n) is 6.19. The lowest BCUT2D eigenvalue weighted by atomic mass is 10.1. The molecule has 0 aliphatic heterocycles. The topological polar surface area (TPSA) is 64.1 Å². The average Bonchev–Trinajstić information content (AvgIpc) is 2.65. The zero-order valence-electron chi connectivity index (χ0n) is 15.4. The predicted molar refractivity (Wildman–Crippen MR) is 102 cm³/mol. The number of carbonyl (C=O) groups excluding carboxylic acids is 1. The molecule has 0 fully saturated rings. The normalized spacial score (nSPS) is 10.9. The Hall–Kier alpha value is -2.79. The number of amides is 1. The summed E-state index contributed by atoms with van der Waals surface area (Å²) in [7, 11) is 0. The second-order valence-corrected chi connectivity index (χ2v) is 6.19. The van der Waals surface area contributed by atoms with E-state index in [9.17, 15) is 4.79 Å². The summed E-state index contributed by atoms with van der Waals surface area (Å²) in [6.07, 6.45) is 0. The Morgan fingerprint density at radius 3 is 2.42 bits per heavy atom. The lowest BCUT2D eigenvalue weighted by Crippen LogP contribution is -2.23. The number of aryl methyl sites for hydroxylation is 2. The Morgan fingerprint density at radius 2 is 1.69 bits per heavy atom. The van der Waals surface area contributed by atoms with E-state index in [1.165, 1.54) is 0 Å². The van der Waals surface area contributed by atoms with Crippen molar-refractivity contribution in [3.05, 3.63) is 70.5 Å². The fourth-order valence-electron chi connectivity index (χ4n) is 2.73. The van der Waals surface area contributed by atoms with Crippen LogP contribution < -0.4 is 5.32 Å². The maximum atomic E-state index is 12.5. The molecule has 1 amide bonds. The first-order valence-electron chi connectivity index (χ1n) is 8.76. The molecular weight excluding hydrogens is 326 g/mol. The Bertz CT molecular complexity index is 938. The van der Waals surface area contributed by atoms with Crippen LogP contribution in [0.3, 0.4) is 0 Å². The highest BCUT2D eigenvalue weighted by Gasteiger charge is 2.10. The van der Waals surface area contributed by atoms with E-state index in [2.05, 4.69) is 15.3 Å². The maximum Gasteiger partial charge on any atom is 0.251 e. The van der Waals surface area contributed by atoms with E-state index >= 15 is 0 Å². The number of rotatable bonds is 6. The van der Waals surface area contributed by atoms with Crippen molar-refractivity contribution in [3.63, 3.8) is 0 Å². The third-order valence-electron chi connectivity index (χ3n) is 4.36. The first kappa shape index (κ1) is 18.0. The molecule has 5 heteroatoms. The minimum Gasteiger partial charge on any atom is -0.377 e. The van der Waals surface area contributed by atoms with Gasteiger partial charge >= 0.3 is 0 Å². The molecule has 1 N–H and O–H groups in total. The number of ether oxygens (including phenoxy) is 1. The van der Waals surface area contributed by atoms with Crippen LogP contribution in [0.25, 0.3) is 11.0 Å². The maximum absolute atomic E-state index is 12.5. The van der Waals surface area contributed by atoms with Gasteiger partial charge < -0.3 is 10.1 Å². The number of nitrogens with one attached hydrogen (secondary N) is 1. The molecule has 0 atom stereocenters. The lowest BCUT2D eigenvalue weighted by Gasteiger charge is -2.11. The molecule has 0 spiro atoms. The van der Waals surface area contributed by atoms with Crippen LogP contribution in [0.5, 0.6) is 0 Å². The van der Waals surface area contributed by atoms with Crippen molar-refractivity contribution in [1.82, 2.24) is 15.3 Å². The molecule has 3 rings (SSSR count). The van der Waals surface area contributed by atoms with Gasteiger partial charge in [-0.2, -0.15) is 0 Å². The summed E-state index contributed by atoms with van der Waals surface area (Å²) >= 11 is 0. The third kappa shape index (κ3) is 4.06. The Kier molecular flexibility index (Phi) is 5.58. The number of nitrogens with zero attached hydrogens (tertiary/aromatic N) is 2. The van der Waals surface area contributed by atoms with Gasteiger partial charge in [-0.15, -0.1) is 0 Å². The predicted octanol–water partition coefficient (Wildman–Crippen LogP) is 3.71. The van der Waals surface area contributed by atoms with Crippen LogP contribution in [-0.2, 0) is 17.9 Å². The van der Waals surface area contributed by atoms with Crippen LogP contribution >= 0.6 is 0 Å². The van der Waals surface area contributed by atoms with Gasteiger partial charge in [-0.25, -0.2) is 9.97 Å². The number of carbonyl (C=O) groups is 1. The van der Waals surface area contributed by atoms with Gasteiger partial charge in [0.05, 0.1) is 29.0 Å². The number of fused-ring (bicyclic) bond motifs is 1. The van der Waals surface area contributed by atoms with Crippen molar-refractivity contribution in [3.8, 4) is 0 Å². The quantitative estimate of drug-likeness (QED) is 0.737. The Morgan fingerprint density at radius 1 is 1.00 bits per heavy atom. The number of hydrogen-bond acceptors (Lipinski definition) is 4. The monoisotopic (exact) mass is 349 g/mol. The number of hydrogen-bond donors (Lipinski definition) is 1. The van der Waals surface area contributed by atoms with Crippen LogP contribution in [0.1, 0.15) is 39.8 Å². The van der Waals surface area contributed by atoms with E-state index in [1.54, 1.807) is 12.1 Å². The second kappa shape index (κ2) is 8.06. The summed E-state index contributed by atoms with van der Waals surface area (Å²) in [6.45, 7) is 7.49. The first-order valence-corrected chi connectivity index (χ1v) is 8.76. The molecule has 3 aromatic rings. The molecule has 0 unspecified atom stereocenters. The molecule has 5 nitrogen and oxygen atoms in total. The molecule has 0 aliphatic carbocycles. The summed E-state index contributed by atoms with van der Waals surface area (Å²) < 4.78 is 5.49. The minimum absolute atomic E-state index is 0.127. The highest BCUT2D eigenvalue weighted by Crippen LogP contribution is 2.15. The number of benzene rings is 2. The highest BCUT2D eigenvalue weighted by atomic mass is 16.5. The largest absolute Gasteiger partial charge is 0.377 e. The molecule has 26 heavy (non-hydrogen) atoms. The fraction of sp³-hybridized carbons (Fsp3) is 0.286. The van der Waals surface area contributed by atoms with Crippen molar-refractivity contribution in [2.24, 2.45) is 0 Å². The van der Waals surface area contributed by atoms with Gasteiger partial charge in [0.25, 0.3) is 5.91 Å². The Balaban J connectivity index is 1.74. The molecule has 1 aromatic heterocycles. The van der Waals surface area contributed by atoms with Crippen molar-refractivity contribution in [2.45, 2.75) is 33.9 Å². The van der Waals surface area contributed by atoms with E-state index in [0.717, 1.165) is 33.5 Å². The van der Waals surface area contributed by atoms with Crippen LogP contribution in [-0.4, -0.2) is 22.5 Å². The summed E-state index contributed by atoms with van der Waals surface area (Å²) in [5.74, 6) is -0.127. The molecule has 0 aliphatic rings. The summed E-state index contributed by atoms with van der Waals surface area (Å²) in [4.78, 5) is 21.6.